The van der Waals surface area contributed by atoms with E-state index in [1.807, 2.05) is 0 Å². The highest BCUT2D eigenvalue weighted by molar-refractivity contribution is 4.76. The number of piperazine rings is 1. The molecule has 1 N–H and O–H groups in total. The predicted molar refractivity (Wildman–Crippen MR) is 55.2 cm³/mol. The zero-order valence-electron chi connectivity index (χ0n) is 9.50. The molecule has 0 aliphatic carbocycles. The molecule has 0 bridgehead atoms. The number of halogens is 3. The summed E-state index contributed by atoms with van der Waals surface area (Å²) in [5, 5.41) is 8.93. The van der Waals surface area contributed by atoms with Crippen molar-refractivity contribution >= 4 is 0 Å². The van der Waals surface area contributed by atoms with Gasteiger partial charge in [-0.05, 0) is 13.0 Å². The SMILES string of the molecule is CCCN1CCN(CC(O)C(F)(F)F)CC1. The Morgan fingerprint density at radius 2 is 1.62 bits per heavy atom. The molecule has 0 saturated carbocycles. The largest absolute Gasteiger partial charge is 0.415 e. The quantitative estimate of drug-likeness (QED) is 0.792. The van der Waals surface area contributed by atoms with Gasteiger partial charge in [-0.15, -0.1) is 0 Å². The average molecular weight is 240 g/mol. The van der Waals surface area contributed by atoms with Crippen molar-refractivity contribution in [2.45, 2.75) is 25.6 Å². The molecule has 3 nitrogen and oxygen atoms in total. The molecular formula is C10H19F3N2O. The highest BCUT2D eigenvalue weighted by Crippen LogP contribution is 2.21. The summed E-state index contributed by atoms with van der Waals surface area (Å²) in [5.74, 6) is 0. The molecule has 1 fully saturated rings. The van der Waals surface area contributed by atoms with Gasteiger partial charge >= 0.3 is 6.18 Å². The third-order valence-corrected chi connectivity index (χ3v) is 2.81. The third-order valence-electron chi connectivity index (χ3n) is 2.81. The number of alkyl halides is 3. The van der Waals surface area contributed by atoms with Gasteiger partial charge in [-0.1, -0.05) is 6.92 Å². The highest BCUT2D eigenvalue weighted by atomic mass is 19.4. The van der Waals surface area contributed by atoms with E-state index in [0.717, 1.165) is 26.1 Å². The van der Waals surface area contributed by atoms with Crippen molar-refractivity contribution in [3.05, 3.63) is 0 Å². The minimum atomic E-state index is -4.50. The van der Waals surface area contributed by atoms with E-state index in [9.17, 15) is 13.2 Å². The number of nitrogens with zero attached hydrogens (tertiary/aromatic N) is 2. The summed E-state index contributed by atoms with van der Waals surface area (Å²) >= 11 is 0. The molecule has 1 aliphatic heterocycles. The van der Waals surface area contributed by atoms with Crippen LogP contribution < -0.4 is 0 Å². The van der Waals surface area contributed by atoms with Gasteiger partial charge in [-0.3, -0.25) is 4.90 Å². The maximum absolute atomic E-state index is 12.1. The second-order valence-corrected chi connectivity index (χ2v) is 4.20. The molecule has 96 valence electrons. The fourth-order valence-electron chi connectivity index (χ4n) is 1.86. The molecule has 6 heteroatoms. The summed E-state index contributed by atoms with van der Waals surface area (Å²) in [7, 11) is 0. The second kappa shape index (κ2) is 5.84. The van der Waals surface area contributed by atoms with Crippen LogP contribution in [0.25, 0.3) is 0 Å². The zero-order valence-corrected chi connectivity index (χ0v) is 9.50. The summed E-state index contributed by atoms with van der Waals surface area (Å²) in [6.07, 6.45) is -5.66. The van der Waals surface area contributed by atoms with Gasteiger partial charge < -0.3 is 10.0 Å². The first-order valence-electron chi connectivity index (χ1n) is 5.63. The van der Waals surface area contributed by atoms with Gasteiger partial charge in [0.1, 0.15) is 0 Å². The molecule has 1 saturated heterocycles. The lowest BCUT2D eigenvalue weighted by atomic mass is 10.2. The lowest BCUT2D eigenvalue weighted by molar-refractivity contribution is -0.208. The van der Waals surface area contributed by atoms with Crippen molar-refractivity contribution in [1.82, 2.24) is 9.80 Å². The Hall–Kier alpha value is -0.330. The van der Waals surface area contributed by atoms with Crippen molar-refractivity contribution in [3.63, 3.8) is 0 Å². The molecule has 1 unspecified atom stereocenters. The summed E-state index contributed by atoms with van der Waals surface area (Å²) in [6.45, 7) is 5.57. The number of rotatable bonds is 4. The first-order valence-corrected chi connectivity index (χ1v) is 5.63. The molecule has 0 aromatic rings. The fraction of sp³-hybridized carbons (Fsp3) is 1.00. The molecule has 0 spiro atoms. The van der Waals surface area contributed by atoms with E-state index in [1.54, 1.807) is 4.90 Å². The molecule has 0 amide bonds. The van der Waals surface area contributed by atoms with Gasteiger partial charge in [0.05, 0.1) is 0 Å². The summed E-state index contributed by atoms with van der Waals surface area (Å²) in [4.78, 5) is 3.90. The lowest BCUT2D eigenvalue weighted by Crippen LogP contribution is -2.50. The topological polar surface area (TPSA) is 26.7 Å². The van der Waals surface area contributed by atoms with E-state index >= 15 is 0 Å². The van der Waals surface area contributed by atoms with Gasteiger partial charge in [0, 0.05) is 32.7 Å². The van der Waals surface area contributed by atoms with Gasteiger partial charge in [0.15, 0.2) is 6.10 Å². The van der Waals surface area contributed by atoms with Crippen LogP contribution in [0.4, 0.5) is 13.2 Å². The van der Waals surface area contributed by atoms with E-state index in [0.29, 0.717) is 13.1 Å². The van der Waals surface area contributed by atoms with E-state index in [2.05, 4.69) is 11.8 Å². The average Bonchev–Trinajstić information content (AvgIpc) is 2.20. The summed E-state index contributed by atoms with van der Waals surface area (Å²) < 4.78 is 36.3. The first kappa shape index (κ1) is 13.7. The van der Waals surface area contributed by atoms with Gasteiger partial charge in [-0.2, -0.15) is 13.2 Å². The minimum Gasteiger partial charge on any atom is -0.382 e. The standard InChI is InChI=1S/C10H19F3N2O/c1-2-3-14-4-6-15(7-5-14)8-9(16)10(11,12)13/h9,16H,2-8H2,1H3. The Morgan fingerprint density at radius 3 is 2.06 bits per heavy atom. The minimum absolute atomic E-state index is 0.302. The van der Waals surface area contributed by atoms with Crippen molar-refractivity contribution in [1.29, 1.82) is 0 Å². The van der Waals surface area contributed by atoms with Gasteiger partial charge in [0.2, 0.25) is 0 Å². The molecule has 1 heterocycles. The maximum atomic E-state index is 12.1. The third kappa shape index (κ3) is 4.27. The molecule has 1 aliphatic rings. The number of hydrogen-bond donors (Lipinski definition) is 1. The van der Waals surface area contributed by atoms with Crippen LogP contribution in [0, 0.1) is 0 Å². The molecule has 0 aromatic heterocycles. The number of aliphatic hydroxyl groups excluding tert-OH is 1. The predicted octanol–water partition coefficient (Wildman–Crippen LogP) is 0.937. The van der Waals surface area contributed by atoms with Crippen molar-refractivity contribution in [2.75, 3.05) is 39.3 Å². The van der Waals surface area contributed by atoms with E-state index in [4.69, 9.17) is 5.11 Å². The van der Waals surface area contributed by atoms with Crippen molar-refractivity contribution in [3.8, 4) is 0 Å². The van der Waals surface area contributed by atoms with Crippen molar-refractivity contribution < 1.29 is 18.3 Å². The maximum Gasteiger partial charge on any atom is 0.415 e. The van der Waals surface area contributed by atoms with Crippen LogP contribution in [-0.2, 0) is 0 Å². The molecular weight excluding hydrogens is 221 g/mol. The Kier molecular flexibility index (Phi) is 5.01. The van der Waals surface area contributed by atoms with Gasteiger partial charge in [0.25, 0.3) is 0 Å². The number of aliphatic hydroxyl groups is 1. The van der Waals surface area contributed by atoms with E-state index < -0.39 is 12.3 Å². The smallest absolute Gasteiger partial charge is 0.382 e. The summed E-state index contributed by atoms with van der Waals surface area (Å²) in [6, 6.07) is 0. The molecule has 0 aromatic carbocycles. The van der Waals surface area contributed by atoms with Crippen LogP contribution in [0.3, 0.4) is 0 Å². The Balaban J connectivity index is 2.27. The second-order valence-electron chi connectivity index (χ2n) is 4.20. The zero-order chi connectivity index (χ0) is 12.2. The van der Waals surface area contributed by atoms with E-state index in [-0.39, 0.29) is 6.54 Å². The first-order chi connectivity index (χ1) is 7.43. The Labute approximate surface area is 93.8 Å². The monoisotopic (exact) mass is 240 g/mol. The normalized spacial score (nSPS) is 22.3. The molecule has 1 atom stereocenters. The van der Waals surface area contributed by atoms with Crippen LogP contribution in [0.2, 0.25) is 0 Å². The van der Waals surface area contributed by atoms with Crippen molar-refractivity contribution in [2.24, 2.45) is 0 Å². The Bertz CT molecular complexity index is 203. The van der Waals surface area contributed by atoms with Crippen LogP contribution in [-0.4, -0.2) is 66.5 Å². The van der Waals surface area contributed by atoms with E-state index in [1.165, 1.54) is 0 Å². The summed E-state index contributed by atoms with van der Waals surface area (Å²) in [5.41, 5.74) is 0. The number of hydrogen-bond acceptors (Lipinski definition) is 3. The van der Waals surface area contributed by atoms with Crippen LogP contribution in [0.15, 0.2) is 0 Å². The molecule has 0 radical (unpaired) electrons. The Morgan fingerprint density at radius 1 is 1.12 bits per heavy atom. The van der Waals surface area contributed by atoms with Crippen LogP contribution in [0.1, 0.15) is 13.3 Å². The number of β-amino-alcohol motifs (C(OH)–C–C–N with tert-alkyl or cyclic N) is 1. The lowest BCUT2D eigenvalue weighted by Gasteiger charge is -2.35. The molecule has 16 heavy (non-hydrogen) atoms. The molecule has 1 rings (SSSR count). The van der Waals surface area contributed by atoms with Crippen LogP contribution in [0.5, 0.6) is 0 Å². The fourth-order valence-corrected chi connectivity index (χ4v) is 1.86. The highest BCUT2D eigenvalue weighted by Gasteiger charge is 2.39. The van der Waals surface area contributed by atoms with Crippen LogP contribution >= 0.6 is 0 Å². The van der Waals surface area contributed by atoms with Gasteiger partial charge in [-0.25, -0.2) is 0 Å².